The second-order valence-electron chi connectivity index (χ2n) is 2.87. The van der Waals surface area contributed by atoms with Gasteiger partial charge in [0.25, 0.3) is 0 Å². The highest BCUT2D eigenvalue weighted by Gasteiger charge is 2.25. The molecule has 0 spiro atoms. The van der Waals surface area contributed by atoms with E-state index in [9.17, 15) is 4.79 Å². The fourth-order valence-electron chi connectivity index (χ4n) is 1.31. The minimum atomic E-state index is -0.00550. The summed E-state index contributed by atoms with van der Waals surface area (Å²) in [5.41, 5.74) is 0. The molecule has 1 rings (SSSR count). The van der Waals surface area contributed by atoms with Crippen LogP contribution in [-0.4, -0.2) is 12.6 Å². The van der Waals surface area contributed by atoms with Crippen molar-refractivity contribution in [3.63, 3.8) is 0 Å². The number of esters is 1. The minimum absolute atomic E-state index is 0.00550. The minimum Gasteiger partial charge on any atom is -0.465 e. The highest BCUT2D eigenvalue weighted by molar-refractivity contribution is 5.73. The van der Waals surface area contributed by atoms with Crippen molar-refractivity contribution in [1.29, 1.82) is 0 Å². The van der Waals surface area contributed by atoms with Gasteiger partial charge in [0.05, 0.1) is 12.5 Å². The zero-order chi connectivity index (χ0) is 8.10. The molecule has 0 aliphatic carbocycles. The maximum Gasteiger partial charge on any atom is 0.309 e. The van der Waals surface area contributed by atoms with Gasteiger partial charge in [0, 0.05) is 0 Å². The Labute approximate surface area is 67.2 Å². The molecule has 0 aromatic rings. The average Bonchev–Trinajstić information content (AvgIpc) is 2.37. The Morgan fingerprint density at radius 1 is 1.73 bits per heavy atom. The van der Waals surface area contributed by atoms with E-state index in [-0.39, 0.29) is 11.9 Å². The van der Waals surface area contributed by atoms with Crippen molar-refractivity contribution in [2.45, 2.75) is 25.7 Å². The number of hydrogen-bond donors (Lipinski definition) is 0. The van der Waals surface area contributed by atoms with E-state index < -0.39 is 0 Å². The third kappa shape index (κ3) is 2.37. The van der Waals surface area contributed by atoms with Crippen LogP contribution in [0, 0.1) is 5.92 Å². The molecular weight excluding hydrogens is 140 g/mol. The molecule has 1 fully saturated rings. The molecular formula is C9H14O2. The number of carbonyl (C=O) groups is 1. The van der Waals surface area contributed by atoms with Crippen molar-refractivity contribution in [1.82, 2.24) is 0 Å². The first kappa shape index (κ1) is 8.31. The third-order valence-electron chi connectivity index (χ3n) is 2.00. The van der Waals surface area contributed by atoms with Gasteiger partial charge in [-0.1, -0.05) is 6.08 Å². The molecule has 2 heteroatoms. The number of carbonyl (C=O) groups excluding carboxylic acids is 1. The molecule has 1 unspecified atom stereocenters. The monoisotopic (exact) mass is 154 g/mol. The van der Waals surface area contributed by atoms with Gasteiger partial charge in [0.15, 0.2) is 0 Å². The highest BCUT2D eigenvalue weighted by atomic mass is 16.5. The summed E-state index contributed by atoms with van der Waals surface area (Å²) in [6.07, 6.45) is 5.83. The van der Waals surface area contributed by atoms with Crippen LogP contribution in [0.2, 0.25) is 0 Å². The van der Waals surface area contributed by atoms with Crippen LogP contribution in [-0.2, 0) is 9.53 Å². The van der Waals surface area contributed by atoms with Gasteiger partial charge in [-0.25, -0.2) is 0 Å². The smallest absolute Gasteiger partial charge is 0.309 e. The molecule has 0 saturated carbocycles. The van der Waals surface area contributed by atoms with Crippen molar-refractivity contribution < 1.29 is 9.53 Å². The van der Waals surface area contributed by atoms with Crippen molar-refractivity contribution in [3.8, 4) is 0 Å². The van der Waals surface area contributed by atoms with Crippen LogP contribution < -0.4 is 0 Å². The summed E-state index contributed by atoms with van der Waals surface area (Å²) in [5.74, 6) is 0.170. The van der Waals surface area contributed by atoms with Gasteiger partial charge in [-0.3, -0.25) is 4.79 Å². The largest absolute Gasteiger partial charge is 0.465 e. The van der Waals surface area contributed by atoms with Gasteiger partial charge in [-0.05, 0) is 25.7 Å². The van der Waals surface area contributed by atoms with Crippen molar-refractivity contribution >= 4 is 5.97 Å². The number of ether oxygens (including phenoxy) is 1. The van der Waals surface area contributed by atoms with Crippen molar-refractivity contribution in [2.75, 3.05) is 6.61 Å². The topological polar surface area (TPSA) is 26.3 Å². The lowest BCUT2D eigenvalue weighted by molar-refractivity contribution is -0.141. The molecule has 0 bridgehead atoms. The average molecular weight is 154 g/mol. The zero-order valence-corrected chi connectivity index (χ0v) is 6.71. The molecule has 1 aliphatic heterocycles. The van der Waals surface area contributed by atoms with Crippen LogP contribution in [0.25, 0.3) is 0 Å². The van der Waals surface area contributed by atoms with E-state index in [1.165, 1.54) is 0 Å². The predicted molar refractivity (Wildman–Crippen MR) is 43.1 cm³/mol. The van der Waals surface area contributed by atoms with Crippen LogP contribution in [0.3, 0.4) is 0 Å². The van der Waals surface area contributed by atoms with E-state index in [0.717, 1.165) is 25.7 Å². The molecule has 1 atom stereocenters. The number of rotatable bonds is 4. The lowest BCUT2D eigenvalue weighted by atomic mass is 10.0. The van der Waals surface area contributed by atoms with Gasteiger partial charge in [0.1, 0.15) is 0 Å². The number of allylic oxidation sites excluding steroid dienone is 1. The zero-order valence-electron chi connectivity index (χ0n) is 6.71. The highest BCUT2D eigenvalue weighted by Crippen LogP contribution is 2.20. The van der Waals surface area contributed by atoms with E-state index in [4.69, 9.17) is 4.74 Å². The molecule has 2 nitrogen and oxygen atoms in total. The molecule has 1 saturated heterocycles. The first-order chi connectivity index (χ1) is 5.34. The molecule has 0 aromatic carbocycles. The quantitative estimate of drug-likeness (QED) is 0.351. The second kappa shape index (κ2) is 4.16. The molecule has 0 amide bonds. The van der Waals surface area contributed by atoms with Crippen molar-refractivity contribution in [2.24, 2.45) is 5.92 Å². The third-order valence-corrected chi connectivity index (χ3v) is 2.00. The maximum atomic E-state index is 10.9. The van der Waals surface area contributed by atoms with Crippen LogP contribution in [0.15, 0.2) is 12.7 Å². The Morgan fingerprint density at radius 3 is 3.09 bits per heavy atom. The normalized spacial score (nSPS) is 23.3. The Balaban J connectivity index is 2.15. The lowest BCUT2D eigenvalue weighted by Crippen LogP contribution is -2.06. The number of unbranched alkanes of at least 4 members (excludes halogenated alkanes) is 1. The molecule has 62 valence electrons. The summed E-state index contributed by atoms with van der Waals surface area (Å²) in [6, 6.07) is 0. The van der Waals surface area contributed by atoms with Gasteiger partial charge < -0.3 is 4.74 Å². The molecule has 0 radical (unpaired) electrons. The van der Waals surface area contributed by atoms with Gasteiger partial charge in [-0.15, -0.1) is 6.58 Å². The van der Waals surface area contributed by atoms with Crippen LogP contribution in [0.4, 0.5) is 0 Å². The standard InChI is InChI=1S/C9H14O2/c1-2-3-4-5-8-6-7-11-9(8)10/h2,8H,1,3-7H2. The fraction of sp³-hybridized carbons (Fsp3) is 0.667. The molecule has 1 aliphatic rings. The summed E-state index contributed by atoms with van der Waals surface area (Å²) in [7, 11) is 0. The Kier molecular flexibility index (Phi) is 3.14. The summed E-state index contributed by atoms with van der Waals surface area (Å²) in [5, 5.41) is 0. The maximum absolute atomic E-state index is 10.9. The number of hydrogen-bond acceptors (Lipinski definition) is 2. The Hall–Kier alpha value is -0.790. The first-order valence-corrected chi connectivity index (χ1v) is 4.12. The van der Waals surface area contributed by atoms with Gasteiger partial charge >= 0.3 is 5.97 Å². The van der Waals surface area contributed by atoms with Gasteiger partial charge in [0.2, 0.25) is 0 Å². The summed E-state index contributed by atoms with van der Waals surface area (Å²) >= 11 is 0. The number of cyclic esters (lactones) is 1. The Bertz CT molecular complexity index is 152. The van der Waals surface area contributed by atoms with E-state index in [1.54, 1.807) is 0 Å². The lowest BCUT2D eigenvalue weighted by Gasteiger charge is -2.01. The van der Waals surface area contributed by atoms with Crippen LogP contribution in [0.1, 0.15) is 25.7 Å². The van der Waals surface area contributed by atoms with Crippen LogP contribution in [0.5, 0.6) is 0 Å². The second-order valence-corrected chi connectivity index (χ2v) is 2.87. The SMILES string of the molecule is C=CCCCC1CCOC1=O. The first-order valence-electron chi connectivity index (χ1n) is 4.12. The Morgan fingerprint density at radius 2 is 2.55 bits per heavy atom. The van der Waals surface area contributed by atoms with Crippen LogP contribution >= 0.6 is 0 Å². The molecule has 0 N–H and O–H groups in total. The van der Waals surface area contributed by atoms with E-state index in [0.29, 0.717) is 6.61 Å². The summed E-state index contributed by atoms with van der Waals surface area (Å²) < 4.78 is 4.83. The van der Waals surface area contributed by atoms with E-state index >= 15 is 0 Å². The predicted octanol–water partition coefficient (Wildman–Crippen LogP) is 1.91. The summed E-state index contributed by atoms with van der Waals surface area (Å²) in [4.78, 5) is 10.9. The van der Waals surface area contributed by atoms with E-state index in [1.807, 2.05) is 6.08 Å². The van der Waals surface area contributed by atoms with E-state index in [2.05, 4.69) is 6.58 Å². The van der Waals surface area contributed by atoms with Gasteiger partial charge in [-0.2, -0.15) is 0 Å². The van der Waals surface area contributed by atoms with Crippen molar-refractivity contribution in [3.05, 3.63) is 12.7 Å². The molecule has 0 aromatic heterocycles. The summed E-state index contributed by atoms with van der Waals surface area (Å²) in [6.45, 7) is 4.25. The fourth-order valence-corrected chi connectivity index (χ4v) is 1.31. The molecule has 11 heavy (non-hydrogen) atoms. The molecule has 1 heterocycles.